The Hall–Kier alpha value is -1.65. The molecule has 1 aliphatic rings. The molecule has 2 aromatic rings. The first-order valence-corrected chi connectivity index (χ1v) is 8.05. The highest BCUT2D eigenvalue weighted by Crippen LogP contribution is 2.40. The number of ether oxygens (including phenoxy) is 1. The van der Waals surface area contributed by atoms with Crippen molar-refractivity contribution >= 4 is 5.65 Å². The molecule has 2 aromatic heterocycles. The third-order valence-corrected chi connectivity index (χ3v) is 4.03. The van der Waals surface area contributed by atoms with Crippen molar-refractivity contribution < 1.29 is 4.74 Å². The lowest BCUT2D eigenvalue weighted by Crippen LogP contribution is -2.15. The second-order valence-corrected chi connectivity index (χ2v) is 5.26. The minimum Gasteiger partial charge on any atom is -0.480 e. The van der Waals surface area contributed by atoms with E-state index in [-0.39, 0.29) is 0 Å². The van der Waals surface area contributed by atoms with E-state index in [4.69, 9.17) is 4.74 Å². The molecule has 5 heteroatoms. The summed E-state index contributed by atoms with van der Waals surface area (Å²) < 4.78 is 7.35. The summed E-state index contributed by atoms with van der Waals surface area (Å²) in [6.07, 6.45) is 5.86. The minimum atomic E-state index is 0.554. The van der Waals surface area contributed by atoms with Gasteiger partial charge in [0.1, 0.15) is 0 Å². The van der Waals surface area contributed by atoms with Gasteiger partial charge in [-0.2, -0.15) is 4.52 Å². The van der Waals surface area contributed by atoms with Crippen molar-refractivity contribution in [2.75, 3.05) is 7.11 Å². The minimum absolute atomic E-state index is 0.554. The Kier molecular flexibility index (Phi) is 5.15. The number of hydrogen-bond donors (Lipinski definition) is 0. The monoisotopic (exact) mass is 290 g/mol. The molecular formula is C16H26N4O. The first-order chi connectivity index (χ1) is 10.3. The average molecular weight is 290 g/mol. The van der Waals surface area contributed by atoms with Crippen LogP contribution in [0, 0.1) is 6.92 Å². The van der Waals surface area contributed by atoms with Gasteiger partial charge in [-0.25, -0.2) is 0 Å². The summed E-state index contributed by atoms with van der Waals surface area (Å²) in [6, 6.07) is 0. The van der Waals surface area contributed by atoms with E-state index in [1.807, 2.05) is 25.3 Å². The highest BCUT2D eigenvalue weighted by atomic mass is 16.5. The van der Waals surface area contributed by atoms with Gasteiger partial charge in [0.05, 0.1) is 7.11 Å². The molecule has 5 nitrogen and oxygen atoms in total. The molecule has 21 heavy (non-hydrogen) atoms. The second-order valence-electron chi connectivity index (χ2n) is 5.26. The van der Waals surface area contributed by atoms with Gasteiger partial charge in [-0.1, -0.05) is 27.2 Å². The normalized spacial score (nSPS) is 17.1. The molecule has 0 spiro atoms. The number of fused-ring (bicyclic) bond motifs is 3. The van der Waals surface area contributed by atoms with Crippen molar-refractivity contribution in [3.63, 3.8) is 0 Å². The van der Waals surface area contributed by atoms with Crippen molar-refractivity contribution in [3.8, 4) is 5.88 Å². The van der Waals surface area contributed by atoms with Crippen molar-refractivity contribution in [1.82, 2.24) is 19.8 Å². The van der Waals surface area contributed by atoms with Gasteiger partial charge in [0.25, 0.3) is 0 Å². The van der Waals surface area contributed by atoms with Gasteiger partial charge in [0, 0.05) is 11.1 Å². The Balaban J connectivity index is 0.000000774. The van der Waals surface area contributed by atoms with Crippen LogP contribution in [0.25, 0.3) is 5.65 Å². The average Bonchev–Trinajstić information content (AvgIpc) is 2.90. The molecule has 0 aromatic carbocycles. The van der Waals surface area contributed by atoms with Gasteiger partial charge >= 0.3 is 0 Å². The lowest BCUT2D eigenvalue weighted by molar-refractivity contribution is 0.369. The van der Waals surface area contributed by atoms with Crippen LogP contribution in [0.3, 0.4) is 0 Å². The molecule has 1 aliphatic carbocycles. The Labute approximate surface area is 126 Å². The number of rotatable bonds is 3. The van der Waals surface area contributed by atoms with Gasteiger partial charge in [-0.05, 0) is 38.5 Å². The number of nitrogens with zero attached hydrogens (tertiary/aromatic N) is 4. The first kappa shape index (κ1) is 15.7. The van der Waals surface area contributed by atoms with Crippen LogP contribution in [0.4, 0.5) is 0 Å². The molecule has 0 radical (unpaired) electrons. The van der Waals surface area contributed by atoms with E-state index in [0.717, 1.165) is 23.8 Å². The molecule has 2 heterocycles. The van der Waals surface area contributed by atoms with Crippen LogP contribution in [0.5, 0.6) is 5.88 Å². The summed E-state index contributed by atoms with van der Waals surface area (Å²) in [5.74, 6) is 2.12. The van der Waals surface area contributed by atoms with Crippen LogP contribution in [0.15, 0.2) is 0 Å². The molecular weight excluding hydrogens is 264 g/mol. The zero-order valence-corrected chi connectivity index (χ0v) is 13.8. The fourth-order valence-electron chi connectivity index (χ4n) is 3.18. The smallest absolute Gasteiger partial charge is 0.235 e. The van der Waals surface area contributed by atoms with E-state index in [1.54, 1.807) is 7.11 Å². The molecule has 0 aliphatic heterocycles. The van der Waals surface area contributed by atoms with E-state index < -0.39 is 0 Å². The number of aromatic nitrogens is 4. The first-order valence-electron chi connectivity index (χ1n) is 8.05. The maximum atomic E-state index is 5.53. The third kappa shape index (κ3) is 2.74. The lowest BCUT2D eigenvalue weighted by atomic mass is 9.81. The van der Waals surface area contributed by atoms with E-state index >= 15 is 0 Å². The van der Waals surface area contributed by atoms with Gasteiger partial charge in [-0.15, -0.1) is 15.3 Å². The van der Waals surface area contributed by atoms with Crippen LogP contribution in [-0.2, 0) is 6.42 Å². The summed E-state index contributed by atoms with van der Waals surface area (Å²) in [5.41, 5.74) is 3.47. The van der Waals surface area contributed by atoms with Gasteiger partial charge in [0.15, 0.2) is 11.5 Å². The van der Waals surface area contributed by atoms with E-state index in [0.29, 0.717) is 5.92 Å². The lowest BCUT2D eigenvalue weighted by Gasteiger charge is -2.26. The Morgan fingerprint density at radius 2 is 2.05 bits per heavy atom. The molecule has 0 amide bonds. The number of aryl methyl sites for hydroxylation is 2. The summed E-state index contributed by atoms with van der Waals surface area (Å²) in [6.45, 7) is 8.15. The largest absolute Gasteiger partial charge is 0.480 e. The van der Waals surface area contributed by atoms with E-state index in [1.165, 1.54) is 36.8 Å². The van der Waals surface area contributed by atoms with Gasteiger partial charge in [0.2, 0.25) is 5.88 Å². The Morgan fingerprint density at radius 3 is 2.71 bits per heavy atom. The maximum Gasteiger partial charge on any atom is 0.235 e. The van der Waals surface area contributed by atoms with E-state index in [2.05, 4.69) is 22.2 Å². The SMILES string of the molecule is CC.CCCC1CCCc2c1c(OC)nn1c(C)nnc21. The summed E-state index contributed by atoms with van der Waals surface area (Å²) >= 11 is 0. The van der Waals surface area contributed by atoms with Crippen LogP contribution >= 0.6 is 0 Å². The van der Waals surface area contributed by atoms with Gasteiger partial charge in [-0.3, -0.25) is 0 Å². The molecule has 0 N–H and O–H groups in total. The zero-order valence-electron chi connectivity index (χ0n) is 13.8. The standard InChI is InChI=1S/C14H20N4O.C2H6/c1-4-6-10-7-5-8-11-12(10)14(19-3)17-18-9(2)15-16-13(11)18;1-2/h10H,4-8H2,1-3H3;1-2H3. The van der Waals surface area contributed by atoms with Crippen molar-refractivity contribution in [3.05, 3.63) is 17.0 Å². The summed E-state index contributed by atoms with van der Waals surface area (Å²) in [5, 5.41) is 13.0. The number of methoxy groups -OCH3 is 1. The molecule has 0 saturated heterocycles. The summed E-state index contributed by atoms with van der Waals surface area (Å²) in [4.78, 5) is 0. The zero-order chi connectivity index (χ0) is 15.4. The summed E-state index contributed by atoms with van der Waals surface area (Å²) in [7, 11) is 1.70. The number of hydrogen-bond acceptors (Lipinski definition) is 4. The third-order valence-electron chi connectivity index (χ3n) is 4.03. The second kappa shape index (κ2) is 6.87. The van der Waals surface area contributed by atoms with Gasteiger partial charge < -0.3 is 4.74 Å². The fraction of sp³-hybridized carbons (Fsp3) is 0.688. The predicted octanol–water partition coefficient (Wildman–Crippen LogP) is 3.69. The van der Waals surface area contributed by atoms with Crippen molar-refractivity contribution in [2.45, 2.75) is 65.7 Å². The molecule has 116 valence electrons. The predicted molar refractivity (Wildman–Crippen MR) is 84.0 cm³/mol. The van der Waals surface area contributed by atoms with Crippen molar-refractivity contribution in [1.29, 1.82) is 0 Å². The molecule has 1 atom stereocenters. The Bertz CT molecular complexity index is 606. The fourth-order valence-corrected chi connectivity index (χ4v) is 3.18. The van der Waals surface area contributed by atoms with Crippen LogP contribution in [0.1, 0.15) is 69.3 Å². The molecule has 0 saturated carbocycles. The highest BCUT2D eigenvalue weighted by molar-refractivity contribution is 5.56. The highest BCUT2D eigenvalue weighted by Gasteiger charge is 2.28. The quantitative estimate of drug-likeness (QED) is 0.865. The van der Waals surface area contributed by atoms with Crippen molar-refractivity contribution in [2.24, 2.45) is 0 Å². The van der Waals surface area contributed by atoms with Crippen LogP contribution in [0.2, 0.25) is 0 Å². The van der Waals surface area contributed by atoms with Crippen LogP contribution in [-0.4, -0.2) is 26.9 Å². The van der Waals surface area contributed by atoms with E-state index in [9.17, 15) is 0 Å². The molecule has 0 bridgehead atoms. The maximum absolute atomic E-state index is 5.53. The topological polar surface area (TPSA) is 52.3 Å². The molecule has 0 fully saturated rings. The molecule has 3 rings (SSSR count). The van der Waals surface area contributed by atoms with Crippen LogP contribution < -0.4 is 4.74 Å². The molecule has 1 unspecified atom stereocenters. The Morgan fingerprint density at radius 1 is 1.29 bits per heavy atom.